The summed E-state index contributed by atoms with van der Waals surface area (Å²) in [5.41, 5.74) is 3.87. The molecule has 0 spiro atoms. The van der Waals surface area contributed by atoms with Gasteiger partial charge >= 0.3 is 5.97 Å². The summed E-state index contributed by atoms with van der Waals surface area (Å²) in [6, 6.07) is 28.1. The van der Waals surface area contributed by atoms with Crippen LogP contribution < -0.4 is 14.9 Å². The lowest BCUT2D eigenvalue weighted by molar-refractivity contribution is -0.129. The third-order valence-corrected chi connectivity index (χ3v) is 5.69. The van der Waals surface area contributed by atoms with Crippen LogP contribution in [0.3, 0.4) is 0 Å². The van der Waals surface area contributed by atoms with E-state index in [-0.39, 0.29) is 0 Å². The van der Waals surface area contributed by atoms with Crippen LogP contribution in [-0.2, 0) is 9.59 Å². The number of halogens is 1. The van der Waals surface area contributed by atoms with E-state index in [4.69, 9.17) is 9.47 Å². The number of carbonyl (C=O) groups is 2. The Morgan fingerprint density at radius 3 is 2.50 bits per heavy atom. The highest BCUT2D eigenvalue weighted by atomic mass is 79.9. The first-order valence-electron chi connectivity index (χ1n) is 11.2. The molecule has 0 saturated heterocycles. The number of fused-ring (bicyclic) bond motifs is 1. The van der Waals surface area contributed by atoms with Gasteiger partial charge in [0, 0.05) is 21.5 Å². The summed E-state index contributed by atoms with van der Waals surface area (Å²) in [6.07, 6.45) is 3.66. The smallest absolute Gasteiger partial charge is 0.336 e. The highest BCUT2D eigenvalue weighted by molar-refractivity contribution is 9.10. The summed E-state index contributed by atoms with van der Waals surface area (Å²) >= 11 is 3.40. The number of hydrogen-bond acceptors (Lipinski definition) is 5. The molecule has 0 unspecified atom stereocenters. The fourth-order valence-electron chi connectivity index (χ4n) is 3.38. The second-order valence-electron chi connectivity index (χ2n) is 7.82. The molecule has 0 heterocycles. The van der Waals surface area contributed by atoms with E-state index >= 15 is 0 Å². The van der Waals surface area contributed by atoms with E-state index < -0.39 is 18.0 Å². The zero-order chi connectivity index (χ0) is 25.3. The zero-order valence-electron chi connectivity index (χ0n) is 19.4. The van der Waals surface area contributed by atoms with Crippen molar-refractivity contribution in [3.05, 3.63) is 113 Å². The van der Waals surface area contributed by atoms with Crippen molar-refractivity contribution in [3.8, 4) is 11.5 Å². The number of amides is 1. The van der Waals surface area contributed by atoms with Gasteiger partial charge in [0.05, 0.1) is 6.21 Å². The lowest BCUT2D eigenvalue weighted by Crippen LogP contribution is -2.33. The highest BCUT2D eigenvalue weighted by Gasteiger charge is 2.15. The van der Waals surface area contributed by atoms with Crippen LogP contribution >= 0.6 is 15.9 Å². The van der Waals surface area contributed by atoms with Crippen LogP contribution in [0.25, 0.3) is 16.8 Å². The number of nitrogens with zero attached hydrogens (tertiary/aromatic N) is 1. The van der Waals surface area contributed by atoms with Crippen molar-refractivity contribution in [2.75, 3.05) is 0 Å². The maximum absolute atomic E-state index is 12.6. The monoisotopic (exact) mass is 542 g/mol. The number of carbonyl (C=O) groups excluding carboxylic acids is 2. The Balaban J connectivity index is 1.39. The Kier molecular flexibility index (Phi) is 8.26. The van der Waals surface area contributed by atoms with Gasteiger partial charge in [0.1, 0.15) is 11.5 Å². The molecule has 0 bridgehead atoms. The number of hydrogen-bond donors (Lipinski definition) is 1. The third-order valence-electron chi connectivity index (χ3n) is 5.19. The minimum atomic E-state index is -0.782. The summed E-state index contributed by atoms with van der Waals surface area (Å²) in [4.78, 5) is 24.9. The zero-order valence-corrected chi connectivity index (χ0v) is 21.0. The molecule has 4 aromatic rings. The van der Waals surface area contributed by atoms with Gasteiger partial charge < -0.3 is 9.47 Å². The van der Waals surface area contributed by atoms with Gasteiger partial charge in [-0.05, 0) is 48.2 Å². The van der Waals surface area contributed by atoms with Crippen LogP contribution in [0.4, 0.5) is 0 Å². The van der Waals surface area contributed by atoms with Gasteiger partial charge in [-0.25, -0.2) is 10.2 Å². The summed E-state index contributed by atoms with van der Waals surface area (Å²) in [5, 5.41) is 5.98. The summed E-state index contributed by atoms with van der Waals surface area (Å²) < 4.78 is 12.1. The molecule has 0 aromatic heterocycles. The van der Waals surface area contributed by atoms with Crippen LogP contribution in [0.5, 0.6) is 11.5 Å². The van der Waals surface area contributed by atoms with Gasteiger partial charge in [-0.15, -0.1) is 0 Å². The minimum absolute atomic E-state index is 0.305. The van der Waals surface area contributed by atoms with E-state index in [9.17, 15) is 9.59 Å². The SMILES string of the molecule is C[C@H](Oc1cccc2ccccc12)C(=O)N/N=C\c1cc(Br)ccc1OC(=O)/C=C/c1ccccc1. The number of ether oxygens (including phenoxy) is 2. The molecule has 0 aliphatic carbocycles. The molecule has 0 aliphatic heterocycles. The molecular weight excluding hydrogens is 520 g/mol. The second kappa shape index (κ2) is 12.0. The molecular formula is C29H23BrN2O4. The molecule has 36 heavy (non-hydrogen) atoms. The van der Waals surface area contributed by atoms with Crippen molar-refractivity contribution in [3.63, 3.8) is 0 Å². The lowest BCUT2D eigenvalue weighted by atomic mass is 10.1. The molecule has 0 aliphatic rings. The first-order valence-corrected chi connectivity index (χ1v) is 12.0. The van der Waals surface area contributed by atoms with Crippen LogP contribution in [0, 0.1) is 0 Å². The molecule has 0 saturated carbocycles. The normalized spacial score (nSPS) is 12.1. The number of nitrogens with one attached hydrogen (secondary N) is 1. The summed E-state index contributed by atoms with van der Waals surface area (Å²) in [5.74, 6) is -0.0288. The van der Waals surface area contributed by atoms with Crippen LogP contribution in [0.2, 0.25) is 0 Å². The molecule has 0 radical (unpaired) electrons. The first-order chi connectivity index (χ1) is 17.5. The lowest BCUT2D eigenvalue weighted by Gasteiger charge is -2.14. The second-order valence-corrected chi connectivity index (χ2v) is 8.73. The summed E-state index contributed by atoms with van der Waals surface area (Å²) in [6.45, 7) is 1.65. The van der Waals surface area contributed by atoms with Gasteiger partial charge in [0.2, 0.25) is 0 Å². The van der Waals surface area contributed by atoms with Gasteiger partial charge in [-0.1, -0.05) is 82.7 Å². The average molecular weight is 543 g/mol. The maximum atomic E-state index is 12.6. The van der Waals surface area contributed by atoms with Gasteiger partial charge in [-0.3, -0.25) is 4.79 Å². The van der Waals surface area contributed by atoms with Gasteiger partial charge in [0.15, 0.2) is 6.10 Å². The fraction of sp³-hybridized carbons (Fsp3) is 0.0690. The van der Waals surface area contributed by atoms with Crippen LogP contribution in [0.1, 0.15) is 18.1 Å². The van der Waals surface area contributed by atoms with E-state index in [1.165, 1.54) is 12.3 Å². The molecule has 6 nitrogen and oxygen atoms in total. The molecule has 0 fully saturated rings. The third kappa shape index (κ3) is 6.67. The van der Waals surface area contributed by atoms with E-state index in [1.54, 1.807) is 31.2 Å². The quantitative estimate of drug-likeness (QED) is 0.0953. The van der Waals surface area contributed by atoms with Crippen LogP contribution in [0.15, 0.2) is 107 Å². The Morgan fingerprint density at radius 2 is 1.67 bits per heavy atom. The van der Waals surface area contributed by atoms with E-state index in [2.05, 4.69) is 26.5 Å². The molecule has 7 heteroatoms. The molecule has 1 N–H and O–H groups in total. The largest absolute Gasteiger partial charge is 0.480 e. The topological polar surface area (TPSA) is 77.0 Å². The predicted molar refractivity (Wildman–Crippen MR) is 145 cm³/mol. The first kappa shape index (κ1) is 24.9. The molecule has 1 amide bonds. The van der Waals surface area contributed by atoms with Crippen molar-refractivity contribution in [2.45, 2.75) is 13.0 Å². The predicted octanol–water partition coefficient (Wildman–Crippen LogP) is 6.14. The fourth-order valence-corrected chi connectivity index (χ4v) is 3.76. The molecule has 180 valence electrons. The van der Waals surface area contributed by atoms with Crippen molar-refractivity contribution < 1.29 is 19.1 Å². The van der Waals surface area contributed by atoms with Crippen LogP contribution in [-0.4, -0.2) is 24.2 Å². The number of benzene rings is 4. The van der Waals surface area contributed by atoms with E-state index in [1.807, 2.05) is 72.8 Å². The molecule has 4 aromatic carbocycles. The number of esters is 1. The molecule has 4 rings (SSSR count). The number of hydrazone groups is 1. The highest BCUT2D eigenvalue weighted by Crippen LogP contribution is 2.26. The Morgan fingerprint density at radius 1 is 0.917 bits per heavy atom. The minimum Gasteiger partial charge on any atom is -0.480 e. The van der Waals surface area contributed by atoms with Gasteiger partial charge in [-0.2, -0.15) is 5.10 Å². The summed E-state index contributed by atoms with van der Waals surface area (Å²) in [7, 11) is 0. The maximum Gasteiger partial charge on any atom is 0.336 e. The Hall–Kier alpha value is -4.23. The Labute approximate surface area is 217 Å². The van der Waals surface area contributed by atoms with Crippen molar-refractivity contribution in [1.82, 2.24) is 5.43 Å². The van der Waals surface area contributed by atoms with E-state index in [0.717, 1.165) is 20.8 Å². The standard InChI is InChI=1S/C29H23BrN2O4/c1-20(35-27-13-7-11-22-10-5-6-12-25(22)27)29(34)32-31-19-23-18-24(30)15-16-26(23)36-28(33)17-14-21-8-3-2-4-9-21/h2-20H,1H3,(H,32,34)/b17-14+,31-19-/t20-/m0/s1. The molecule has 1 atom stereocenters. The number of rotatable bonds is 8. The van der Waals surface area contributed by atoms with Crippen molar-refractivity contribution in [1.29, 1.82) is 0 Å². The van der Waals surface area contributed by atoms with E-state index in [0.29, 0.717) is 17.1 Å². The van der Waals surface area contributed by atoms with Crippen molar-refractivity contribution >= 4 is 50.9 Å². The van der Waals surface area contributed by atoms with Crippen molar-refractivity contribution in [2.24, 2.45) is 5.10 Å². The van der Waals surface area contributed by atoms with Gasteiger partial charge in [0.25, 0.3) is 5.91 Å². The Bertz CT molecular complexity index is 1430. The average Bonchev–Trinajstić information content (AvgIpc) is 2.89.